The van der Waals surface area contributed by atoms with Crippen molar-refractivity contribution in [2.45, 2.75) is 43.7 Å². The molecule has 1 saturated heterocycles. The molecule has 0 spiro atoms. The van der Waals surface area contributed by atoms with E-state index in [1.807, 2.05) is 4.57 Å². The summed E-state index contributed by atoms with van der Waals surface area (Å²) in [5.74, 6) is 0.231. The summed E-state index contributed by atoms with van der Waals surface area (Å²) in [5.41, 5.74) is 7.38. The average molecular weight is 447 g/mol. The molecule has 3 aromatic rings. The van der Waals surface area contributed by atoms with Crippen molar-refractivity contribution >= 4 is 34.7 Å². The fourth-order valence-electron chi connectivity index (χ4n) is 5.34. The number of nitrogens with one attached hydrogen (secondary N) is 1. The van der Waals surface area contributed by atoms with E-state index in [4.69, 9.17) is 5.73 Å². The Hall–Kier alpha value is -3.53. The summed E-state index contributed by atoms with van der Waals surface area (Å²) in [6.45, 7) is 1.31. The number of aromatic carboxylic acids is 1. The summed E-state index contributed by atoms with van der Waals surface area (Å²) in [7, 11) is 0. The van der Waals surface area contributed by atoms with Gasteiger partial charge in [-0.1, -0.05) is 12.8 Å². The number of carboxylic acids is 1. The summed E-state index contributed by atoms with van der Waals surface area (Å²) in [4.78, 5) is 39.6. The van der Waals surface area contributed by atoms with Gasteiger partial charge in [-0.2, -0.15) is 4.98 Å². The van der Waals surface area contributed by atoms with Crippen molar-refractivity contribution in [3.05, 3.63) is 41.9 Å². The van der Waals surface area contributed by atoms with Crippen LogP contribution in [-0.4, -0.2) is 60.0 Å². The van der Waals surface area contributed by atoms with Gasteiger partial charge in [0, 0.05) is 42.5 Å². The van der Waals surface area contributed by atoms with Crippen molar-refractivity contribution in [3.8, 4) is 0 Å². The van der Waals surface area contributed by atoms with Crippen molar-refractivity contribution in [3.63, 3.8) is 0 Å². The quantitative estimate of drug-likeness (QED) is 0.542. The first-order chi connectivity index (χ1) is 15.9. The number of rotatable bonds is 5. The zero-order valence-corrected chi connectivity index (χ0v) is 18.1. The number of likely N-dealkylation sites (tertiary alicyclic amines) is 1. The summed E-state index contributed by atoms with van der Waals surface area (Å²) in [6.07, 6.45) is 8.22. The van der Waals surface area contributed by atoms with Crippen LogP contribution in [-0.2, 0) is 0 Å². The summed E-state index contributed by atoms with van der Waals surface area (Å²) in [5, 5.41) is 13.4. The molecule has 10 heteroatoms. The largest absolute Gasteiger partial charge is 0.477 e. The molecule has 10 nitrogen and oxygen atoms in total. The number of anilines is 2. The molecule has 170 valence electrons. The third-order valence-corrected chi connectivity index (χ3v) is 7.23. The zero-order valence-electron chi connectivity index (χ0n) is 18.1. The van der Waals surface area contributed by atoms with Crippen LogP contribution in [0.5, 0.6) is 0 Å². The van der Waals surface area contributed by atoms with Gasteiger partial charge in [0.15, 0.2) is 0 Å². The number of pyridine rings is 1. The van der Waals surface area contributed by atoms with E-state index in [0.29, 0.717) is 47.4 Å². The number of nitrogens with two attached hydrogens (primary N) is 1. The van der Waals surface area contributed by atoms with Crippen LogP contribution in [0.1, 0.15) is 59.0 Å². The van der Waals surface area contributed by atoms with Crippen molar-refractivity contribution < 1.29 is 14.7 Å². The second kappa shape index (κ2) is 7.24. The van der Waals surface area contributed by atoms with E-state index in [1.165, 1.54) is 0 Å². The van der Waals surface area contributed by atoms with E-state index < -0.39 is 5.97 Å². The van der Waals surface area contributed by atoms with E-state index in [1.54, 1.807) is 35.5 Å². The van der Waals surface area contributed by atoms with Crippen LogP contribution in [0.25, 0.3) is 11.0 Å². The van der Waals surface area contributed by atoms with Gasteiger partial charge in [0.05, 0.1) is 5.56 Å². The molecule has 1 amide bonds. The van der Waals surface area contributed by atoms with Crippen LogP contribution in [0.15, 0.2) is 30.6 Å². The number of hydrogen-bond acceptors (Lipinski definition) is 7. The highest BCUT2D eigenvalue weighted by atomic mass is 16.4. The SMILES string of the molecule is NC12CC1CN(C(=O)c1ccc(Nc3ncc4cc(C(=O)O)n(C5CCCC5)c4n3)nc1)C2. The maximum Gasteiger partial charge on any atom is 0.352 e. The summed E-state index contributed by atoms with van der Waals surface area (Å²) in [6, 6.07) is 5.21. The molecule has 0 bridgehead atoms. The number of hydrogen-bond donors (Lipinski definition) is 3. The average Bonchev–Trinajstić information content (AvgIpc) is 3.24. The third kappa shape index (κ3) is 3.41. The van der Waals surface area contributed by atoms with E-state index in [9.17, 15) is 14.7 Å². The highest BCUT2D eigenvalue weighted by molar-refractivity contribution is 5.95. The highest BCUT2D eigenvalue weighted by Gasteiger charge is 2.58. The maximum atomic E-state index is 12.7. The molecule has 33 heavy (non-hydrogen) atoms. The van der Waals surface area contributed by atoms with E-state index >= 15 is 0 Å². The normalized spacial score (nSPS) is 24.3. The first kappa shape index (κ1) is 20.1. The van der Waals surface area contributed by atoms with Gasteiger partial charge in [-0.25, -0.2) is 14.8 Å². The fraction of sp³-hybridized carbons (Fsp3) is 0.435. The number of piperidine rings is 1. The number of carbonyl (C=O) groups is 2. The zero-order chi connectivity index (χ0) is 22.7. The highest BCUT2D eigenvalue weighted by Crippen LogP contribution is 2.47. The smallest absolute Gasteiger partial charge is 0.352 e. The van der Waals surface area contributed by atoms with Crippen molar-refractivity contribution in [2.75, 3.05) is 18.4 Å². The van der Waals surface area contributed by atoms with Gasteiger partial charge in [0.25, 0.3) is 5.91 Å². The predicted molar refractivity (Wildman–Crippen MR) is 120 cm³/mol. The molecular weight excluding hydrogens is 422 g/mol. The Morgan fingerprint density at radius 2 is 2.00 bits per heavy atom. The molecule has 2 saturated carbocycles. The lowest BCUT2D eigenvalue weighted by Gasteiger charge is -2.19. The Labute approximate surface area is 189 Å². The predicted octanol–water partition coefficient (Wildman–Crippen LogP) is 2.56. The van der Waals surface area contributed by atoms with Crippen LogP contribution in [0.2, 0.25) is 0 Å². The Morgan fingerprint density at radius 1 is 1.18 bits per heavy atom. The van der Waals surface area contributed by atoms with Gasteiger partial charge in [-0.15, -0.1) is 0 Å². The second-order valence-electron chi connectivity index (χ2n) is 9.49. The Balaban J connectivity index is 1.23. The Bertz CT molecular complexity index is 1270. The van der Waals surface area contributed by atoms with Crippen LogP contribution < -0.4 is 11.1 Å². The van der Waals surface area contributed by atoms with Crippen LogP contribution >= 0.6 is 0 Å². The second-order valence-corrected chi connectivity index (χ2v) is 9.49. The molecule has 3 aliphatic rings. The molecular formula is C23H25N7O3. The van der Waals surface area contributed by atoms with Crippen molar-refractivity contribution in [1.82, 2.24) is 24.4 Å². The third-order valence-electron chi connectivity index (χ3n) is 7.23. The Kier molecular flexibility index (Phi) is 4.41. The molecule has 3 fully saturated rings. The minimum atomic E-state index is -0.966. The lowest BCUT2D eigenvalue weighted by atomic mass is 10.2. The first-order valence-electron chi connectivity index (χ1n) is 11.3. The number of carbonyl (C=O) groups excluding carboxylic acids is 1. The van der Waals surface area contributed by atoms with Gasteiger partial charge in [0.1, 0.15) is 17.2 Å². The molecule has 0 radical (unpaired) electrons. The number of fused-ring (bicyclic) bond motifs is 2. The first-order valence-corrected chi connectivity index (χ1v) is 11.3. The van der Waals surface area contributed by atoms with Crippen molar-refractivity contribution in [2.24, 2.45) is 11.7 Å². The molecule has 3 aromatic heterocycles. The molecule has 1 aliphatic heterocycles. The maximum absolute atomic E-state index is 12.7. The fourth-order valence-corrected chi connectivity index (χ4v) is 5.34. The number of amides is 1. The number of aromatic nitrogens is 4. The van der Waals surface area contributed by atoms with Gasteiger partial charge >= 0.3 is 5.97 Å². The van der Waals surface area contributed by atoms with Gasteiger partial charge < -0.3 is 25.6 Å². The number of carboxylic acid groups (broad SMARTS) is 1. The minimum Gasteiger partial charge on any atom is -0.477 e. The van der Waals surface area contributed by atoms with E-state index in [2.05, 4.69) is 20.3 Å². The summed E-state index contributed by atoms with van der Waals surface area (Å²) >= 11 is 0. The monoisotopic (exact) mass is 447 g/mol. The van der Waals surface area contributed by atoms with Gasteiger partial charge in [0.2, 0.25) is 5.95 Å². The van der Waals surface area contributed by atoms with Crippen molar-refractivity contribution in [1.29, 1.82) is 0 Å². The van der Waals surface area contributed by atoms with Gasteiger partial charge in [-0.05, 0) is 43.4 Å². The van der Waals surface area contributed by atoms with Crippen LogP contribution in [0.3, 0.4) is 0 Å². The lowest BCUT2D eigenvalue weighted by Crippen LogP contribution is -2.37. The standard InChI is InChI=1S/C23H25N7O3/c24-23-8-15(23)11-29(12-23)20(31)13-5-6-18(25-9-13)27-22-26-10-14-7-17(21(32)33)30(19(14)28-22)16-3-1-2-4-16/h5-7,9-10,15-16H,1-4,8,11-12,24H2,(H,32,33)(H,25,26,27,28). The number of nitrogens with zero attached hydrogens (tertiary/aromatic N) is 5. The van der Waals surface area contributed by atoms with E-state index in [-0.39, 0.29) is 23.2 Å². The van der Waals surface area contributed by atoms with Crippen LogP contribution in [0, 0.1) is 5.92 Å². The van der Waals surface area contributed by atoms with E-state index in [0.717, 1.165) is 32.1 Å². The molecule has 0 aromatic carbocycles. The van der Waals surface area contributed by atoms with Crippen LogP contribution in [0.4, 0.5) is 11.8 Å². The molecule has 6 rings (SSSR count). The molecule has 2 atom stereocenters. The topological polar surface area (TPSA) is 139 Å². The molecule has 2 unspecified atom stereocenters. The Morgan fingerprint density at radius 3 is 2.67 bits per heavy atom. The molecule has 2 aliphatic carbocycles. The molecule has 4 heterocycles. The summed E-state index contributed by atoms with van der Waals surface area (Å²) < 4.78 is 1.83. The molecule has 4 N–H and O–H groups in total. The van der Waals surface area contributed by atoms with Gasteiger partial charge in [-0.3, -0.25) is 4.79 Å². The minimum absolute atomic E-state index is 0.0562. The lowest BCUT2D eigenvalue weighted by molar-refractivity contribution is 0.0682.